The number of hydrogen-bond donors (Lipinski definition) is 0. The number of hydrogen-bond acceptors (Lipinski definition) is 12. The maximum absolute atomic E-state index is 11.0. The number of aryl methyl sites for hydroxylation is 2. The average Bonchev–Trinajstić information content (AvgIpc) is 3.57. The number of rotatable bonds is 8. The zero-order valence-corrected chi connectivity index (χ0v) is 21.8. The molecule has 0 amide bonds. The van der Waals surface area contributed by atoms with Crippen molar-refractivity contribution in [2.24, 2.45) is 0 Å². The first-order valence-corrected chi connectivity index (χ1v) is 12.5. The van der Waals surface area contributed by atoms with Crippen LogP contribution in [0.1, 0.15) is 73.8 Å². The van der Waals surface area contributed by atoms with Crippen LogP contribution in [0.5, 0.6) is 0 Å². The first-order valence-electron chi connectivity index (χ1n) is 12.5. The van der Waals surface area contributed by atoms with Gasteiger partial charge in [-0.1, -0.05) is 10.3 Å². The third kappa shape index (κ3) is 8.66. The Kier molecular flexibility index (Phi) is 10.8. The van der Waals surface area contributed by atoms with Gasteiger partial charge in [-0.3, -0.25) is 9.59 Å². The second kappa shape index (κ2) is 14.0. The zero-order valence-electron chi connectivity index (χ0n) is 21.8. The van der Waals surface area contributed by atoms with E-state index in [4.69, 9.17) is 9.05 Å². The lowest BCUT2D eigenvalue weighted by atomic mass is 9.97. The largest absolute Gasteiger partial charge is 0.469 e. The van der Waals surface area contributed by atoms with Crippen LogP contribution in [-0.4, -0.2) is 96.5 Å². The molecule has 0 atom stereocenters. The van der Waals surface area contributed by atoms with Crippen molar-refractivity contribution in [3.05, 3.63) is 23.4 Å². The Bertz CT molecular complexity index is 870. The molecule has 2 aliphatic rings. The van der Waals surface area contributed by atoms with Crippen molar-refractivity contribution < 1.29 is 28.1 Å². The lowest BCUT2D eigenvalue weighted by Crippen LogP contribution is -2.29. The Morgan fingerprint density at radius 2 is 1.11 bits per heavy atom. The normalized spacial score (nSPS) is 17.9. The molecule has 2 aliphatic heterocycles. The summed E-state index contributed by atoms with van der Waals surface area (Å²) >= 11 is 0. The number of ether oxygens (including phenoxy) is 2. The molecule has 0 unspecified atom stereocenters. The maximum Gasteiger partial charge on any atom is 0.306 e. The lowest BCUT2D eigenvalue weighted by molar-refractivity contribution is -0.141. The molecule has 2 saturated heterocycles. The van der Waals surface area contributed by atoms with Crippen molar-refractivity contribution in [2.75, 3.05) is 54.5 Å². The van der Waals surface area contributed by atoms with E-state index in [1.165, 1.54) is 14.2 Å². The summed E-state index contributed by atoms with van der Waals surface area (Å²) in [7, 11) is 6.99. The van der Waals surface area contributed by atoms with Gasteiger partial charge in [0.2, 0.25) is 11.8 Å². The quantitative estimate of drug-likeness (QED) is 0.484. The predicted molar refractivity (Wildman–Crippen MR) is 128 cm³/mol. The van der Waals surface area contributed by atoms with Gasteiger partial charge in [0.25, 0.3) is 0 Å². The monoisotopic (exact) mass is 506 g/mol. The highest BCUT2D eigenvalue weighted by atomic mass is 16.5. The van der Waals surface area contributed by atoms with Gasteiger partial charge in [0.05, 0.1) is 27.1 Å². The second-order valence-corrected chi connectivity index (χ2v) is 9.40. The third-order valence-electron chi connectivity index (χ3n) is 6.68. The highest BCUT2D eigenvalue weighted by Gasteiger charge is 2.24. The molecule has 2 aromatic rings. The first kappa shape index (κ1) is 27.7. The van der Waals surface area contributed by atoms with Gasteiger partial charge in [-0.25, -0.2) is 0 Å². The van der Waals surface area contributed by atoms with Crippen LogP contribution in [0.2, 0.25) is 0 Å². The Labute approximate surface area is 211 Å². The zero-order chi connectivity index (χ0) is 25.9. The van der Waals surface area contributed by atoms with Crippen LogP contribution in [0.15, 0.2) is 9.05 Å². The van der Waals surface area contributed by atoms with Crippen molar-refractivity contribution >= 4 is 11.9 Å². The first-order chi connectivity index (χ1) is 17.4. The van der Waals surface area contributed by atoms with Crippen molar-refractivity contribution in [3.8, 4) is 0 Å². The Morgan fingerprint density at radius 3 is 1.44 bits per heavy atom. The Morgan fingerprint density at radius 1 is 0.750 bits per heavy atom. The smallest absolute Gasteiger partial charge is 0.306 e. The molecular weight excluding hydrogens is 468 g/mol. The van der Waals surface area contributed by atoms with Gasteiger partial charge in [0.15, 0.2) is 11.6 Å². The van der Waals surface area contributed by atoms with Crippen LogP contribution < -0.4 is 0 Å². The molecule has 0 aromatic carbocycles. The molecule has 0 aliphatic carbocycles. The summed E-state index contributed by atoms with van der Waals surface area (Å²) in [5.74, 6) is 2.87. The highest BCUT2D eigenvalue weighted by Crippen LogP contribution is 2.26. The summed E-state index contributed by atoms with van der Waals surface area (Å²) < 4.78 is 19.5. The fraction of sp³-hybridized carbons (Fsp3) is 0.750. The van der Waals surface area contributed by atoms with E-state index in [9.17, 15) is 9.59 Å². The summed E-state index contributed by atoms with van der Waals surface area (Å²) in [6.07, 6.45) is 5.72. The molecule has 0 spiro atoms. The molecule has 4 rings (SSSR count). The fourth-order valence-corrected chi connectivity index (χ4v) is 4.23. The van der Waals surface area contributed by atoms with Gasteiger partial charge in [-0.15, -0.1) is 0 Å². The SMILES string of the molecule is COC(=O)CCc1nc(C2CCN(C)CC2)no1.COC(=O)CCc1nc(C2CCN(C)CC2)no1. The molecule has 12 nitrogen and oxygen atoms in total. The molecule has 2 aromatic heterocycles. The van der Waals surface area contributed by atoms with Gasteiger partial charge in [-0.2, -0.15) is 9.97 Å². The van der Waals surface area contributed by atoms with Gasteiger partial charge in [-0.05, 0) is 66.0 Å². The number of piperidine rings is 2. The number of methoxy groups -OCH3 is 2. The van der Waals surface area contributed by atoms with Crippen LogP contribution in [0, 0.1) is 0 Å². The summed E-state index contributed by atoms with van der Waals surface area (Å²) in [4.78, 5) is 35.3. The number of nitrogens with zero attached hydrogens (tertiary/aromatic N) is 6. The Hall–Kier alpha value is -2.86. The minimum Gasteiger partial charge on any atom is -0.469 e. The van der Waals surface area contributed by atoms with Crippen molar-refractivity contribution in [2.45, 2.75) is 63.2 Å². The molecule has 200 valence electrons. The van der Waals surface area contributed by atoms with Crippen molar-refractivity contribution in [1.82, 2.24) is 30.1 Å². The lowest BCUT2D eigenvalue weighted by Gasteiger charge is -2.26. The summed E-state index contributed by atoms with van der Waals surface area (Å²) in [6, 6.07) is 0. The van der Waals surface area contributed by atoms with E-state index in [0.717, 1.165) is 63.5 Å². The highest BCUT2D eigenvalue weighted by molar-refractivity contribution is 5.69. The predicted octanol–water partition coefficient (Wildman–Crippen LogP) is 1.97. The standard InChI is InChI=1S/2C12H19N3O3/c2*1-15-7-5-9(6-8-15)12-13-10(18-14-12)3-4-11(16)17-2/h2*9H,3-8H2,1-2H3. The molecule has 0 bridgehead atoms. The number of aromatic nitrogens is 4. The topological polar surface area (TPSA) is 137 Å². The minimum absolute atomic E-state index is 0.256. The summed E-state index contributed by atoms with van der Waals surface area (Å²) in [6.45, 7) is 4.26. The molecular formula is C24H38N6O6. The summed E-state index contributed by atoms with van der Waals surface area (Å²) in [5, 5.41) is 8.02. The van der Waals surface area contributed by atoms with E-state index < -0.39 is 0 Å². The molecule has 12 heteroatoms. The number of likely N-dealkylation sites (tertiary alicyclic amines) is 2. The average molecular weight is 507 g/mol. The van der Waals surface area contributed by atoms with E-state index >= 15 is 0 Å². The van der Waals surface area contributed by atoms with Crippen LogP contribution in [-0.2, 0) is 31.9 Å². The third-order valence-corrected chi connectivity index (χ3v) is 6.68. The van der Waals surface area contributed by atoms with E-state index in [1.807, 2.05) is 0 Å². The van der Waals surface area contributed by atoms with Crippen LogP contribution in [0.4, 0.5) is 0 Å². The minimum atomic E-state index is -0.256. The molecule has 2 fully saturated rings. The van der Waals surface area contributed by atoms with E-state index in [2.05, 4.69) is 53.7 Å². The van der Waals surface area contributed by atoms with Crippen LogP contribution >= 0.6 is 0 Å². The molecule has 0 saturated carbocycles. The number of carbonyl (C=O) groups is 2. The van der Waals surface area contributed by atoms with Crippen molar-refractivity contribution in [3.63, 3.8) is 0 Å². The van der Waals surface area contributed by atoms with Crippen LogP contribution in [0.3, 0.4) is 0 Å². The number of esters is 2. The Balaban J connectivity index is 0.000000201. The van der Waals surface area contributed by atoms with Gasteiger partial charge < -0.3 is 28.3 Å². The van der Waals surface area contributed by atoms with Gasteiger partial charge in [0, 0.05) is 24.7 Å². The van der Waals surface area contributed by atoms with E-state index in [-0.39, 0.29) is 24.8 Å². The molecule has 0 N–H and O–H groups in total. The molecule has 4 heterocycles. The van der Waals surface area contributed by atoms with Gasteiger partial charge >= 0.3 is 11.9 Å². The van der Waals surface area contributed by atoms with Crippen LogP contribution in [0.25, 0.3) is 0 Å². The second-order valence-electron chi connectivity index (χ2n) is 9.40. The van der Waals surface area contributed by atoms with E-state index in [0.29, 0.717) is 36.5 Å². The van der Waals surface area contributed by atoms with E-state index in [1.54, 1.807) is 0 Å². The summed E-state index contributed by atoms with van der Waals surface area (Å²) in [5.41, 5.74) is 0. The molecule has 0 radical (unpaired) electrons. The van der Waals surface area contributed by atoms with Crippen molar-refractivity contribution in [1.29, 1.82) is 0 Å². The number of carbonyl (C=O) groups excluding carboxylic acids is 2. The molecule has 36 heavy (non-hydrogen) atoms. The van der Waals surface area contributed by atoms with Gasteiger partial charge in [0.1, 0.15) is 0 Å². The fourth-order valence-electron chi connectivity index (χ4n) is 4.23. The maximum atomic E-state index is 11.0.